The molecule has 1 aromatic rings. The molecule has 1 saturated heterocycles. The smallest absolute Gasteiger partial charge is 0.220 e. The van der Waals surface area contributed by atoms with Crippen molar-refractivity contribution in [2.24, 2.45) is 10.9 Å². The minimum Gasteiger partial charge on any atom is -0.359 e. The number of piperidine rings is 1. The van der Waals surface area contributed by atoms with E-state index in [4.69, 9.17) is 16.6 Å². The van der Waals surface area contributed by atoms with Gasteiger partial charge in [-0.15, -0.1) is 24.0 Å². The third kappa shape index (κ3) is 6.24. The predicted octanol–water partition coefficient (Wildman–Crippen LogP) is 3.63. The molecule has 0 bridgehead atoms. The number of nitrogens with one attached hydrogen (secondary N) is 2. The van der Waals surface area contributed by atoms with E-state index in [1.54, 1.807) is 7.05 Å². The van der Waals surface area contributed by atoms with Crippen molar-refractivity contribution in [2.45, 2.75) is 44.6 Å². The van der Waals surface area contributed by atoms with E-state index in [9.17, 15) is 4.79 Å². The monoisotopic (exact) mass is 504 g/mol. The van der Waals surface area contributed by atoms with Gasteiger partial charge in [0.25, 0.3) is 0 Å². The molecule has 3 rings (SSSR count). The van der Waals surface area contributed by atoms with Crippen LogP contribution in [0.15, 0.2) is 29.3 Å². The van der Waals surface area contributed by atoms with Crippen molar-refractivity contribution >= 4 is 47.4 Å². The average molecular weight is 505 g/mol. The highest BCUT2D eigenvalue weighted by atomic mass is 127. The van der Waals surface area contributed by atoms with Gasteiger partial charge in [0.15, 0.2) is 5.96 Å². The first-order valence-electron chi connectivity index (χ1n) is 9.62. The van der Waals surface area contributed by atoms with E-state index in [2.05, 4.69) is 34.6 Å². The van der Waals surface area contributed by atoms with Gasteiger partial charge >= 0.3 is 0 Å². The van der Waals surface area contributed by atoms with Gasteiger partial charge in [-0.25, -0.2) is 0 Å². The van der Waals surface area contributed by atoms with E-state index in [-0.39, 0.29) is 29.9 Å². The first-order valence-corrected chi connectivity index (χ1v) is 10.0. The second-order valence-corrected chi connectivity index (χ2v) is 7.69. The molecule has 1 aromatic carbocycles. The zero-order valence-electron chi connectivity index (χ0n) is 16.1. The van der Waals surface area contributed by atoms with Crippen molar-refractivity contribution in [1.29, 1.82) is 0 Å². The number of nitrogens with zero attached hydrogens (tertiary/aromatic N) is 2. The van der Waals surface area contributed by atoms with Gasteiger partial charge in [-0.1, -0.05) is 23.7 Å². The maximum atomic E-state index is 11.6. The molecule has 1 saturated carbocycles. The number of guanidine groups is 1. The van der Waals surface area contributed by atoms with Gasteiger partial charge in [-0.2, -0.15) is 0 Å². The number of carbonyl (C=O) groups excluding carboxylic acids is 1. The summed E-state index contributed by atoms with van der Waals surface area (Å²) in [4.78, 5) is 18.6. The Morgan fingerprint density at radius 3 is 2.70 bits per heavy atom. The fraction of sp³-hybridized carbons (Fsp3) is 0.600. The molecule has 1 amide bonds. The van der Waals surface area contributed by atoms with E-state index in [1.807, 2.05) is 12.1 Å². The minimum atomic E-state index is 0. The second kappa shape index (κ2) is 10.5. The number of hydrogen-bond donors (Lipinski definition) is 2. The van der Waals surface area contributed by atoms with Crippen LogP contribution in [0.3, 0.4) is 0 Å². The number of aliphatic imine (C=N–C) groups is 1. The molecule has 7 heteroatoms. The SMILES string of the molecule is CCN=C(NC1CC1c1cccc(Cl)c1)N1CCC(CC(=O)NC)CC1.I. The van der Waals surface area contributed by atoms with Gasteiger partial charge in [0.1, 0.15) is 0 Å². The molecule has 150 valence electrons. The Labute approximate surface area is 184 Å². The van der Waals surface area contributed by atoms with Crippen LogP contribution >= 0.6 is 35.6 Å². The maximum Gasteiger partial charge on any atom is 0.220 e. The van der Waals surface area contributed by atoms with Crippen LogP contribution in [0, 0.1) is 5.92 Å². The van der Waals surface area contributed by atoms with Crippen LogP contribution in [-0.2, 0) is 4.79 Å². The summed E-state index contributed by atoms with van der Waals surface area (Å²) in [7, 11) is 1.71. The molecular formula is C20H30ClIN4O. The van der Waals surface area contributed by atoms with Crippen molar-refractivity contribution in [3.63, 3.8) is 0 Å². The second-order valence-electron chi connectivity index (χ2n) is 7.25. The molecule has 2 fully saturated rings. The van der Waals surface area contributed by atoms with Crippen LogP contribution in [-0.4, -0.2) is 49.5 Å². The highest BCUT2D eigenvalue weighted by Gasteiger charge is 2.40. The van der Waals surface area contributed by atoms with E-state index >= 15 is 0 Å². The van der Waals surface area contributed by atoms with E-state index in [1.165, 1.54) is 5.56 Å². The summed E-state index contributed by atoms with van der Waals surface area (Å²) >= 11 is 6.12. The van der Waals surface area contributed by atoms with Crippen LogP contribution in [0.5, 0.6) is 0 Å². The summed E-state index contributed by atoms with van der Waals surface area (Å²) < 4.78 is 0. The summed E-state index contributed by atoms with van der Waals surface area (Å²) in [6.45, 7) is 4.76. The molecule has 2 unspecified atom stereocenters. The van der Waals surface area contributed by atoms with Crippen molar-refractivity contribution in [3.05, 3.63) is 34.9 Å². The Morgan fingerprint density at radius 2 is 2.07 bits per heavy atom. The Morgan fingerprint density at radius 1 is 1.33 bits per heavy atom. The molecule has 1 aliphatic carbocycles. The lowest BCUT2D eigenvalue weighted by atomic mass is 9.93. The number of benzene rings is 1. The standard InChI is InChI=1S/C20H29ClN4O.HI/c1-3-23-20(25-9-7-14(8-10-25)11-19(26)22-2)24-18-13-17(18)15-5-4-6-16(21)12-15;/h4-6,12,14,17-18H,3,7-11,13H2,1-2H3,(H,22,26)(H,23,24);1H. The summed E-state index contributed by atoms with van der Waals surface area (Å²) in [5.41, 5.74) is 1.30. The molecular weight excluding hydrogens is 475 g/mol. The lowest BCUT2D eigenvalue weighted by Crippen LogP contribution is -2.47. The molecule has 0 radical (unpaired) electrons. The average Bonchev–Trinajstić information content (AvgIpc) is 3.41. The molecule has 0 spiro atoms. The first-order chi connectivity index (χ1) is 12.6. The molecule has 0 aromatic heterocycles. The number of hydrogen-bond acceptors (Lipinski definition) is 2. The van der Waals surface area contributed by atoms with Crippen molar-refractivity contribution in [2.75, 3.05) is 26.7 Å². The van der Waals surface area contributed by atoms with E-state index in [0.29, 0.717) is 24.3 Å². The maximum absolute atomic E-state index is 11.6. The predicted molar refractivity (Wildman–Crippen MR) is 122 cm³/mol. The van der Waals surface area contributed by atoms with E-state index < -0.39 is 0 Å². The zero-order chi connectivity index (χ0) is 18.5. The van der Waals surface area contributed by atoms with Crippen LogP contribution in [0.4, 0.5) is 0 Å². The van der Waals surface area contributed by atoms with E-state index in [0.717, 1.165) is 49.9 Å². The third-order valence-corrected chi connectivity index (χ3v) is 5.59. The van der Waals surface area contributed by atoms with Crippen LogP contribution in [0.25, 0.3) is 0 Å². The summed E-state index contributed by atoms with van der Waals surface area (Å²) in [5, 5.41) is 7.18. The molecule has 2 aliphatic rings. The van der Waals surface area contributed by atoms with Crippen molar-refractivity contribution in [3.8, 4) is 0 Å². The fourth-order valence-corrected chi connectivity index (χ4v) is 3.92. The lowest BCUT2D eigenvalue weighted by Gasteiger charge is -2.34. The highest BCUT2D eigenvalue weighted by Crippen LogP contribution is 2.41. The number of likely N-dealkylation sites (tertiary alicyclic amines) is 1. The van der Waals surface area contributed by atoms with Gasteiger partial charge < -0.3 is 15.5 Å². The number of rotatable bonds is 5. The third-order valence-electron chi connectivity index (χ3n) is 5.36. The molecule has 1 heterocycles. The molecule has 2 N–H and O–H groups in total. The topological polar surface area (TPSA) is 56.7 Å². The minimum absolute atomic E-state index is 0. The van der Waals surface area contributed by atoms with Crippen molar-refractivity contribution < 1.29 is 4.79 Å². The van der Waals surface area contributed by atoms with Gasteiger partial charge in [0, 0.05) is 50.1 Å². The van der Waals surface area contributed by atoms with Gasteiger partial charge in [-0.05, 0) is 49.8 Å². The van der Waals surface area contributed by atoms with Crippen molar-refractivity contribution in [1.82, 2.24) is 15.5 Å². The first kappa shape index (κ1) is 22.3. The Balaban J connectivity index is 0.00000261. The normalized spacial score (nSPS) is 22.8. The summed E-state index contributed by atoms with van der Waals surface area (Å²) in [6.07, 6.45) is 3.84. The highest BCUT2D eigenvalue weighted by molar-refractivity contribution is 14.0. The number of carbonyl (C=O) groups is 1. The Kier molecular flexibility index (Phi) is 8.66. The fourth-order valence-electron chi connectivity index (χ4n) is 3.73. The van der Waals surface area contributed by atoms with Gasteiger partial charge in [0.05, 0.1) is 0 Å². The Hall–Kier alpha value is -1.02. The van der Waals surface area contributed by atoms with Gasteiger partial charge in [-0.3, -0.25) is 9.79 Å². The summed E-state index contributed by atoms with van der Waals surface area (Å²) in [5.74, 6) is 2.16. The van der Waals surface area contributed by atoms with Gasteiger partial charge in [0.2, 0.25) is 5.91 Å². The zero-order valence-corrected chi connectivity index (χ0v) is 19.2. The molecule has 27 heavy (non-hydrogen) atoms. The molecule has 5 nitrogen and oxygen atoms in total. The summed E-state index contributed by atoms with van der Waals surface area (Å²) in [6, 6.07) is 8.59. The Bertz CT molecular complexity index is 661. The van der Waals surface area contributed by atoms with Crippen LogP contribution in [0.2, 0.25) is 5.02 Å². The molecule has 1 aliphatic heterocycles. The van der Waals surface area contributed by atoms with Crippen LogP contribution < -0.4 is 10.6 Å². The van der Waals surface area contributed by atoms with Crippen LogP contribution in [0.1, 0.15) is 44.1 Å². The quantitative estimate of drug-likeness (QED) is 0.366. The lowest BCUT2D eigenvalue weighted by molar-refractivity contribution is -0.121. The number of amides is 1. The number of halogens is 2. The largest absolute Gasteiger partial charge is 0.359 e. The molecule has 2 atom stereocenters.